The lowest BCUT2D eigenvalue weighted by Crippen LogP contribution is -2.05. The van der Waals surface area contributed by atoms with Crippen molar-refractivity contribution >= 4 is 5.95 Å². The van der Waals surface area contributed by atoms with Crippen LogP contribution in [0.1, 0.15) is 12.8 Å². The Kier molecular flexibility index (Phi) is 2.66. The first-order valence-electron chi connectivity index (χ1n) is 5.77. The fraction of sp³-hybridized carbons (Fsp3) is 0.231. The Morgan fingerprint density at radius 3 is 2.67 bits per heavy atom. The van der Waals surface area contributed by atoms with Crippen LogP contribution in [0.25, 0.3) is 11.3 Å². The number of hydrogen-bond acceptors (Lipinski definition) is 3. The van der Waals surface area contributed by atoms with Crippen molar-refractivity contribution in [2.75, 3.05) is 5.32 Å². The van der Waals surface area contributed by atoms with Gasteiger partial charge in [-0.25, -0.2) is 18.7 Å². The number of nitrogens with one attached hydrogen (secondary N) is 1. The Morgan fingerprint density at radius 1 is 1.11 bits per heavy atom. The summed E-state index contributed by atoms with van der Waals surface area (Å²) in [5.74, 6) is -1.20. The number of hydrogen-bond donors (Lipinski definition) is 1. The van der Waals surface area contributed by atoms with E-state index in [1.54, 1.807) is 12.3 Å². The van der Waals surface area contributed by atoms with Gasteiger partial charge in [-0.05, 0) is 37.1 Å². The maximum atomic E-state index is 13.2. The fourth-order valence-electron chi connectivity index (χ4n) is 1.65. The molecule has 0 saturated heterocycles. The molecule has 92 valence electrons. The topological polar surface area (TPSA) is 37.8 Å². The van der Waals surface area contributed by atoms with Crippen molar-refractivity contribution in [2.45, 2.75) is 18.9 Å². The highest BCUT2D eigenvalue weighted by atomic mass is 19.2. The molecule has 1 N–H and O–H groups in total. The zero-order valence-corrected chi connectivity index (χ0v) is 9.53. The summed E-state index contributed by atoms with van der Waals surface area (Å²) in [6, 6.07) is 5.86. The Labute approximate surface area is 103 Å². The standard InChI is InChI=1S/C13H11F2N3/c14-10-4-1-8(7-11(10)15)12-5-6-16-13(18-12)17-9-2-3-9/h1,4-7,9H,2-3H2,(H,16,17,18). The number of aromatic nitrogens is 2. The molecule has 0 amide bonds. The zero-order valence-electron chi connectivity index (χ0n) is 9.53. The number of halogens is 2. The largest absolute Gasteiger partial charge is 0.351 e. The van der Waals surface area contributed by atoms with Gasteiger partial charge in [0.05, 0.1) is 5.69 Å². The van der Waals surface area contributed by atoms with Gasteiger partial charge in [-0.15, -0.1) is 0 Å². The highest BCUT2D eigenvalue weighted by Crippen LogP contribution is 2.24. The zero-order chi connectivity index (χ0) is 12.5. The maximum Gasteiger partial charge on any atom is 0.223 e. The first-order chi connectivity index (χ1) is 8.72. The Hall–Kier alpha value is -2.04. The number of benzene rings is 1. The molecule has 3 nitrogen and oxygen atoms in total. The van der Waals surface area contributed by atoms with E-state index in [-0.39, 0.29) is 0 Å². The van der Waals surface area contributed by atoms with Crippen molar-refractivity contribution in [3.05, 3.63) is 42.1 Å². The van der Waals surface area contributed by atoms with Crippen molar-refractivity contribution < 1.29 is 8.78 Å². The van der Waals surface area contributed by atoms with Crippen molar-refractivity contribution in [3.63, 3.8) is 0 Å². The summed E-state index contributed by atoms with van der Waals surface area (Å²) in [7, 11) is 0. The van der Waals surface area contributed by atoms with Gasteiger partial charge in [0, 0.05) is 17.8 Å². The van der Waals surface area contributed by atoms with Gasteiger partial charge >= 0.3 is 0 Å². The highest BCUT2D eigenvalue weighted by molar-refractivity contribution is 5.60. The van der Waals surface area contributed by atoms with Gasteiger partial charge in [-0.3, -0.25) is 0 Å². The molecule has 1 fully saturated rings. The SMILES string of the molecule is Fc1ccc(-c2ccnc(NC3CC3)n2)cc1F. The molecule has 1 aromatic carbocycles. The van der Waals surface area contributed by atoms with Gasteiger partial charge in [0.25, 0.3) is 0 Å². The van der Waals surface area contributed by atoms with Crippen molar-refractivity contribution in [1.82, 2.24) is 9.97 Å². The summed E-state index contributed by atoms with van der Waals surface area (Å²) in [6.07, 6.45) is 3.85. The molecule has 5 heteroatoms. The highest BCUT2D eigenvalue weighted by Gasteiger charge is 2.21. The van der Waals surface area contributed by atoms with E-state index in [9.17, 15) is 8.78 Å². The number of rotatable bonds is 3. The van der Waals surface area contributed by atoms with E-state index in [0.717, 1.165) is 25.0 Å². The lowest BCUT2D eigenvalue weighted by molar-refractivity contribution is 0.509. The molecule has 0 atom stereocenters. The van der Waals surface area contributed by atoms with E-state index < -0.39 is 11.6 Å². The molecule has 0 spiro atoms. The van der Waals surface area contributed by atoms with Crippen LogP contribution in [0.15, 0.2) is 30.5 Å². The van der Waals surface area contributed by atoms with Crippen LogP contribution < -0.4 is 5.32 Å². The van der Waals surface area contributed by atoms with Crippen LogP contribution in [0.5, 0.6) is 0 Å². The third kappa shape index (κ3) is 2.30. The molecule has 1 aliphatic rings. The van der Waals surface area contributed by atoms with Gasteiger partial charge in [0.2, 0.25) is 5.95 Å². The molecule has 1 aliphatic carbocycles. The molecule has 0 unspecified atom stereocenters. The van der Waals surface area contributed by atoms with Gasteiger partial charge in [-0.1, -0.05) is 0 Å². The molecule has 18 heavy (non-hydrogen) atoms. The lowest BCUT2D eigenvalue weighted by atomic mass is 10.1. The van der Waals surface area contributed by atoms with E-state index in [0.29, 0.717) is 23.2 Å². The van der Waals surface area contributed by atoms with Crippen molar-refractivity contribution in [3.8, 4) is 11.3 Å². The second-order valence-electron chi connectivity index (χ2n) is 4.31. The van der Waals surface area contributed by atoms with E-state index in [1.165, 1.54) is 6.07 Å². The number of nitrogens with zero attached hydrogens (tertiary/aromatic N) is 2. The molecular weight excluding hydrogens is 236 g/mol. The molecule has 1 aromatic heterocycles. The minimum Gasteiger partial charge on any atom is -0.351 e. The predicted molar refractivity (Wildman–Crippen MR) is 64.0 cm³/mol. The average Bonchev–Trinajstić information content (AvgIpc) is 3.17. The molecule has 1 saturated carbocycles. The monoisotopic (exact) mass is 247 g/mol. The van der Waals surface area contributed by atoms with Crippen molar-refractivity contribution in [1.29, 1.82) is 0 Å². The Balaban J connectivity index is 1.92. The normalized spacial score (nSPS) is 14.6. The summed E-state index contributed by atoms with van der Waals surface area (Å²) in [5, 5.41) is 3.16. The van der Waals surface area contributed by atoms with E-state index >= 15 is 0 Å². The first kappa shape index (κ1) is 11.1. The van der Waals surface area contributed by atoms with Gasteiger partial charge in [0.1, 0.15) is 0 Å². The first-order valence-corrected chi connectivity index (χ1v) is 5.77. The maximum absolute atomic E-state index is 13.2. The van der Waals surface area contributed by atoms with Crippen LogP contribution in [-0.2, 0) is 0 Å². The van der Waals surface area contributed by atoms with Crippen LogP contribution >= 0.6 is 0 Å². The number of anilines is 1. The lowest BCUT2D eigenvalue weighted by Gasteiger charge is -2.05. The van der Waals surface area contributed by atoms with Crippen LogP contribution in [0.2, 0.25) is 0 Å². The minimum atomic E-state index is -0.872. The summed E-state index contributed by atoms with van der Waals surface area (Å²) in [6.45, 7) is 0. The van der Waals surface area contributed by atoms with Crippen LogP contribution in [0, 0.1) is 11.6 Å². The second-order valence-corrected chi connectivity index (χ2v) is 4.31. The van der Waals surface area contributed by atoms with Crippen LogP contribution in [0.4, 0.5) is 14.7 Å². The van der Waals surface area contributed by atoms with E-state index in [4.69, 9.17) is 0 Å². The van der Waals surface area contributed by atoms with Gasteiger partial charge < -0.3 is 5.32 Å². The minimum absolute atomic E-state index is 0.449. The summed E-state index contributed by atoms with van der Waals surface area (Å²) >= 11 is 0. The molecule has 0 radical (unpaired) electrons. The van der Waals surface area contributed by atoms with Gasteiger partial charge in [-0.2, -0.15) is 0 Å². The summed E-state index contributed by atoms with van der Waals surface area (Å²) in [5.41, 5.74) is 1.11. The summed E-state index contributed by atoms with van der Waals surface area (Å²) < 4.78 is 26.0. The molecular formula is C13H11F2N3. The molecule has 1 heterocycles. The third-order valence-electron chi connectivity index (χ3n) is 2.78. The van der Waals surface area contributed by atoms with Crippen LogP contribution in [-0.4, -0.2) is 16.0 Å². The molecule has 0 aliphatic heterocycles. The van der Waals surface area contributed by atoms with E-state index in [1.807, 2.05) is 0 Å². The van der Waals surface area contributed by atoms with E-state index in [2.05, 4.69) is 15.3 Å². The summed E-state index contributed by atoms with van der Waals surface area (Å²) in [4.78, 5) is 8.38. The Morgan fingerprint density at radius 2 is 1.94 bits per heavy atom. The fourth-order valence-corrected chi connectivity index (χ4v) is 1.65. The molecule has 0 bridgehead atoms. The van der Waals surface area contributed by atoms with Gasteiger partial charge in [0.15, 0.2) is 11.6 Å². The molecule has 2 aromatic rings. The predicted octanol–water partition coefficient (Wildman–Crippen LogP) is 3.00. The van der Waals surface area contributed by atoms with Crippen LogP contribution in [0.3, 0.4) is 0 Å². The quantitative estimate of drug-likeness (QED) is 0.906. The Bertz CT molecular complexity index is 582. The second kappa shape index (κ2) is 4.33. The third-order valence-corrected chi connectivity index (χ3v) is 2.78. The smallest absolute Gasteiger partial charge is 0.223 e. The average molecular weight is 247 g/mol. The molecule has 3 rings (SSSR count). The van der Waals surface area contributed by atoms with Crippen molar-refractivity contribution in [2.24, 2.45) is 0 Å².